The van der Waals surface area contributed by atoms with E-state index in [1.807, 2.05) is 78.9 Å². The number of hydrogen-bond donors (Lipinski definition) is 0. The van der Waals surface area contributed by atoms with Crippen LogP contribution in [0.4, 0.5) is 0 Å². The molecule has 0 bridgehead atoms. The Morgan fingerprint density at radius 1 is 0.429 bits per heavy atom. The SMILES string of the molecule is N#Cc1ccc2c(c1)oc1cc(-c3nc(-c4ccc5oc6ccccc6c5c4)nc(-c4ccc5sc6cc(C#N)ccc6c5c4)n3)ccc12. The van der Waals surface area contributed by atoms with Gasteiger partial charge in [-0.2, -0.15) is 10.5 Å². The van der Waals surface area contributed by atoms with E-state index in [0.717, 1.165) is 69.6 Å². The molecular formula is C41H19N5O2S. The summed E-state index contributed by atoms with van der Waals surface area (Å²) in [4.78, 5) is 15.1. The Bertz CT molecular complexity index is 3100. The minimum absolute atomic E-state index is 0.506. The molecule has 0 fully saturated rings. The van der Waals surface area contributed by atoms with E-state index in [-0.39, 0.29) is 0 Å². The molecule has 4 aromatic heterocycles. The Balaban J connectivity index is 1.18. The number of nitrogens with zero attached hydrogens (tertiary/aromatic N) is 5. The van der Waals surface area contributed by atoms with Crippen LogP contribution in [0.1, 0.15) is 11.1 Å². The van der Waals surface area contributed by atoms with Crippen LogP contribution < -0.4 is 0 Å². The molecule has 10 rings (SSSR count). The topological polar surface area (TPSA) is 113 Å². The lowest BCUT2D eigenvalue weighted by Gasteiger charge is -2.09. The number of aromatic nitrogens is 3. The van der Waals surface area contributed by atoms with Gasteiger partial charge in [-0.3, -0.25) is 0 Å². The zero-order chi connectivity index (χ0) is 32.6. The first-order chi connectivity index (χ1) is 24.1. The van der Waals surface area contributed by atoms with Crippen molar-refractivity contribution in [1.29, 1.82) is 10.5 Å². The van der Waals surface area contributed by atoms with Crippen molar-refractivity contribution in [1.82, 2.24) is 15.0 Å². The van der Waals surface area contributed by atoms with Crippen molar-refractivity contribution in [3.8, 4) is 46.3 Å². The highest BCUT2D eigenvalue weighted by Gasteiger charge is 2.17. The van der Waals surface area contributed by atoms with E-state index in [9.17, 15) is 10.5 Å². The van der Waals surface area contributed by atoms with Gasteiger partial charge < -0.3 is 8.83 Å². The number of thiophene rings is 1. The summed E-state index contributed by atoms with van der Waals surface area (Å²) in [7, 11) is 0. The lowest BCUT2D eigenvalue weighted by atomic mass is 10.1. The fraction of sp³-hybridized carbons (Fsp3) is 0. The molecule has 6 aromatic carbocycles. The zero-order valence-corrected chi connectivity index (χ0v) is 26.2. The lowest BCUT2D eigenvalue weighted by molar-refractivity contribution is 0.668. The van der Waals surface area contributed by atoms with E-state index >= 15 is 0 Å². The van der Waals surface area contributed by atoms with E-state index in [0.29, 0.717) is 39.8 Å². The highest BCUT2D eigenvalue weighted by Crippen LogP contribution is 2.38. The third-order valence-corrected chi connectivity index (χ3v) is 10.1. The average molecular weight is 646 g/mol. The normalized spacial score (nSPS) is 11.6. The van der Waals surface area contributed by atoms with Gasteiger partial charge in [0, 0.05) is 58.4 Å². The largest absolute Gasteiger partial charge is 0.456 e. The third kappa shape index (κ3) is 4.29. The summed E-state index contributed by atoms with van der Waals surface area (Å²) in [6, 6.07) is 41.9. The quantitative estimate of drug-likeness (QED) is 0.188. The molecule has 0 N–H and O–H groups in total. The molecule has 226 valence electrons. The minimum Gasteiger partial charge on any atom is -0.456 e. The van der Waals surface area contributed by atoms with Crippen LogP contribution in [0.25, 0.3) is 98.2 Å². The van der Waals surface area contributed by atoms with Crippen molar-refractivity contribution >= 4 is 75.4 Å². The molecule has 8 heteroatoms. The highest BCUT2D eigenvalue weighted by atomic mass is 32.1. The average Bonchev–Trinajstić information content (AvgIpc) is 3.83. The van der Waals surface area contributed by atoms with E-state index in [1.54, 1.807) is 23.5 Å². The summed E-state index contributed by atoms with van der Waals surface area (Å²) in [5.41, 5.74) is 6.60. The van der Waals surface area contributed by atoms with Gasteiger partial charge in [-0.1, -0.05) is 30.3 Å². The van der Waals surface area contributed by atoms with E-state index < -0.39 is 0 Å². The van der Waals surface area contributed by atoms with Gasteiger partial charge in [0.05, 0.1) is 23.3 Å². The Kier molecular flexibility index (Phi) is 5.74. The predicted octanol–water partition coefficient (Wildman–Crippen LogP) is 10.8. The van der Waals surface area contributed by atoms with Crippen LogP contribution in [0.3, 0.4) is 0 Å². The van der Waals surface area contributed by atoms with Crippen molar-refractivity contribution in [2.75, 3.05) is 0 Å². The van der Waals surface area contributed by atoms with E-state index in [4.69, 9.17) is 23.8 Å². The number of rotatable bonds is 3. The number of benzene rings is 6. The molecule has 10 aromatic rings. The second-order valence-corrected chi connectivity index (χ2v) is 13.0. The standard InChI is InChI=1S/C41H19N5O2S/c42-20-22-5-10-28-29-12-7-26(19-36(29)48-35(28)15-22)41-45-39(24-8-13-34-31(17-24)27-3-1-2-4-33(27)47-34)44-40(46-41)25-9-14-37-32(18-25)30-11-6-23(21-43)16-38(30)49-37/h1-19H. The molecule has 0 aliphatic heterocycles. The summed E-state index contributed by atoms with van der Waals surface area (Å²) in [6.45, 7) is 0. The van der Waals surface area contributed by atoms with Crippen molar-refractivity contribution < 1.29 is 8.83 Å². The highest BCUT2D eigenvalue weighted by molar-refractivity contribution is 7.25. The van der Waals surface area contributed by atoms with Crippen LogP contribution in [0.15, 0.2) is 124 Å². The first-order valence-electron chi connectivity index (χ1n) is 15.5. The molecule has 0 radical (unpaired) electrons. The molecule has 0 amide bonds. The van der Waals surface area contributed by atoms with Crippen LogP contribution in [-0.4, -0.2) is 15.0 Å². The molecule has 49 heavy (non-hydrogen) atoms. The molecule has 0 spiro atoms. The maximum Gasteiger partial charge on any atom is 0.164 e. The molecular weight excluding hydrogens is 627 g/mol. The Morgan fingerprint density at radius 2 is 0.980 bits per heavy atom. The van der Waals surface area contributed by atoms with Gasteiger partial charge in [0.1, 0.15) is 22.3 Å². The maximum absolute atomic E-state index is 9.43. The van der Waals surface area contributed by atoms with Gasteiger partial charge in [0.15, 0.2) is 17.5 Å². The van der Waals surface area contributed by atoms with Crippen LogP contribution in [0.2, 0.25) is 0 Å². The van der Waals surface area contributed by atoms with Gasteiger partial charge in [0.2, 0.25) is 0 Å². The monoisotopic (exact) mass is 645 g/mol. The van der Waals surface area contributed by atoms with Gasteiger partial charge in [-0.25, -0.2) is 15.0 Å². The van der Waals surface area contributed by atoms with Crippen molar-refractivity contribution in [3.05, 3.63) is 126 Å². The number of furan rings is 2. The number of fused-ring (bicyclic) bond motifs is 9. The second-order valence-electron chi connectivity index (χ2n) is 11.9. The smallest absolute Gasteiger partial charge is 0.164 e. The molecule has 7 nitrogen and oxygen atoms in total. The Labute approximate surface area is 281 Å². The fourth-order valence-corrected chi connectivity index (χ4v) is 7.73. The van der Waals surface area contributed by atoms with Gasteiger partial charge >= 0.3 is 0 Å². The van der Waals surface area contributed by atoms with Gasteiger partial charge in [-0.15, -0.1) is 11.3 Å². The number of para-hydroxylation sites is 1. The molecule has 0 saturated carbocycles. The lowest BCUT2D eigenvalue weighted by Crippen LogP contribution is -2.00. The van der Waals surface area contributed by atoms with Crippen LogP contribution in [0, 0.1) is 22.7 Å². The Morgan fingerprint density at radius 3 is 1.76 bits per heavy atom. The fourth-order valence-electron chi connectivity index (χ4n) is 6.60. The first kappa shape index (κ1) is 27.3. The van der Waals surface area contributed by atoms with Gasteiger partial charge in [-0.05, 0) is 84.9 Å². The molecule has 0 saturated heterocycles. The maximum atomic E-state index is 9.43. The minimum atomic E-state index is 0.506. The summed E-state index contributed by atoms with van der Waals surface area (Å²) in [5.74, 6) is 1.58. The molecule has 0 aliphatic rings. The van der Waals surface area contributed by atoms with Crippen molar-refractivity contribution in [2.24, 2.45) is 0 Å². The molecule has 0 unspecified atom stereocenters. The second kappa shape index (κ2) is 10.3. The summed E-state index contributed by atoms with van der Waals surface area (Å²) in [6.07, 6.45) is 0. The van der Waals surface area contributed by atoms with Crippen LogP contribution >= 0.6 is 11.3 Å². The number of nitriles is 2. The molecule has 0 aliphatic carbocycles. The third-order valence-electron chi connectivity index (χ3n) is 8.99. The predicted molar refractivity (Wildman–Crippen MR) is 193 cm³/mol. The summed E-state index contributed by atoms with van der Waals surface area (Å²) in [5, 5.41) is 24.9. The molecule has 4 heterocycles. The summed E-state index contributed by atoms with van der Waals surface area (Å²) >= 11 is 1.66. The first-order valence-corrected chi connectivity index (χ1v) is 16.3. The van der Waals surface area contributed by atoms with Crippen molar-refractivity contribution in [3.63, 3.8) is 0 Å². The Hall–Kier alpha value is -6.87. The number of hydrogen-bond acceptors (Lipinski definition) is 8. The summed E-state index contributed by atoms with van der Waals surface area (Å²) < 4.78 is 14.5. The van der Waals surface area contributed by atoms with Crippen LogP contribution in [0.5, 0.6) is 0 Å². The molecule has 0 atom stereocenters. The van der Waals surface area contributed by atoms with Crippen LogP contribution in [-0.2, 0) is 0 Å². The van der Waals surface area contributed by atoms with E-state index in [1.165, 1.54) is 0 Å². The van der Waals surface area contributed by atoms with E-state index in [2.05, 4.69) is 36.4 Å². The zero-order valence-electron chi connectivity index (χ0n) is 25.4. The van der Waals surface area contributed by atoms with Crippen molar-refractivity contribution in [2.45, 2.75) is 0 Å². The van der Waals surface area contributed by atoms with Gasteiger partial charge in [0.25, 0.3) is 0 Å².